The highest BCUT2D eigenvalue weighted by Gasteiger charge is 2.11. The molecular formula is C11H15ClN2O3. The van der Waals surface area contributed by atoms with Gasteiger partial charge in [0.15, 0.2) is 0 Å². The number of hydrogen-bond acceptors (Lipinski definition) is 4. The van der Waals surface area contributed by atoms with E-state index in [0.717, 1.165) is 6.42 Å². The summed E-state index contributed by atoms with van der Waals surface area (Å²) in [5, 5.41) is 21.2. The number of hydrogen-bond donors (Lipinski definition) is 3. The third-order valence-electron chi connectivity index (χ3n) is 2.18. The van der Waals surface area contributed by atoms with Gasteiger partial charge in [0, 0.05) is 6.54 Å². The fourth-order valence-corrected chi connectivity index (χ4v) is 1.49. The molecule has 1 rings (SSSR count). The maximum absolute atomic E-state index is 10.9. The molecule has 0 saturated carbocycles. The largest absolute Gasteiger partial charge is 0.478 e. The van der Waals surface area contributed by atoms with Crippen molar-refractivity contribution in [2.75, 3.05) is 11.9 Å². The molecule has 0 bridgehead atoms. The van der Waals surface area contributed by atoms with Gasteiger partial charge in [-0.05, 0) is 31.9 Å². The molecule has 0 aliphatic rings. The van der Waals surface area contributed by atoms with Crippen molar-refractivity contribution in [1.29, 1.82) is 0 Å². The SMILES string of the molecule is CC(O)CCCNc1nc(Cl)ccc1C(=O)O. The van der Waals surface area contributed by atoms with Gasteiger partial charge in [-0.25, -0.2) is 9.78 Å². The number of aliphatic hydroxyl groups is 1. The lowest BCUT2D eigenvalue weighted by Crippen LogP contribution is -2.11. The van der Waals surface area contributed by atoms with E-state index in [2.05, 4.69) is 10.3 Å². The Morgan fingerprint density at radius 2 is 2.29 bits per heavy atom. The lowest BCUT2D eigenvalue weighted by molar-refractivity contribution is 0.0697. The van der Waals surface area contributed by atoms with Gasteiger partial charge in [-0.2, -0.15) is 0 Å². The maximum Gasteiger partial charge on any atom is 0.339 e. The molecule has 0 aromatic carbocycles. The molecule has 0 amide bonds. The molecule has 0 aliphatic heterocycles. The second-order valence-electron chi connectivity index (χ2n) is 3.75. The number of aromatic nitrogens is 1. The van der Waals surface area contributed by atoms with Crippen LogP contribution in [0.5, 0.6) is 0 Å². The molecule has 1 atom stereocenters. The summed E-state index contributed by atoms with van der Waals surface area (Å²) in [6.07, 6.45) is 1.02. The molecule has 0 aliphatic carbocycles. The zero-order valence-electron chi connectivity index (χ0n) is 9.48. The Kier molecular flexibility index (Phi) is 5.18. The van der Waals surface area contributed by atoms with E-state index in [9.17, 15) is 4.79 Å². The number of nitrogens with one attached hydrogen (secondary N) is 1. The van der Waals surface area contributed by atoms with Crippen molar-refractivity contribution in [3.8, 4) is 0 Å². The average molecular weight is 259 g/mol. The average Bonchev–Trinajstić information content (AvgIpc) is 2.23. The van der Waals surface area contributed by atoms with Gasteiger partial charge in [0.25, 0.3) is 0 Å². The van der Waals surface area contributed by atoms with Gasteiger partial charge in [0.1, 0.15) is 16.5 Å². The first-order valence-corrected chi connectivity index (χ1v) is 5.70. The van der Waals surface area contributed by atoms with E-state index < -0.39 is 5.97 Å². The van der Waals surface area contributed by atoms with E-state index >= 15 is 0 Å². The predicted octanol–water partition coefficient (Wildman–Crippen LogP) is 2.01. The Balaban J connectivity index is 2.62. The molecule has 0 saturated heterocycles. The summed E-state index contributed by atoms with van der Waals surface area (Å²) in [6.45, 7) is 2.25. The van der Waals surface area contributed by atoms with E-state index in [0.29, 0.717) is 13.0 Å². The standard InChI is InChI=1S/C11H15ClN2O3/c1-7(15)3-2-6-13-10-8(11(16)17)4-5-9(12)14-10/h4-5,7,15H,2-3,6H2,1H3,(H,13,14)(H,16,17). The van der Waals surface area contributed by atoms with Crippen molar-refractivity contribution in [3.63, 3.8) is 0 Å². The van der Waals surface area contributed by atoms with Gasteiger partial charge in [0.2, 0.25) is 0 Å². The minimum atomic E-state index is -1.05. The van der Waals surface area contributed by atoms with Crippen molar-refractivity contribution in [3.05, 3.63) is 22.8 Å². The van der Waals surface area contributed by atoms with Crippen LogP contribution in [-0.2, 0) is 0 Å². The summed E-state index contributed by atoms with van der Waals surface area (Å²) in [4.78, 5) is 14.8. The number of pyridine rings is 1. The third kappa shape index (κ3) is 4.58. The van der Waals surface area contributed by atoms with Crippen LogP contribution in [0.25, 0.3) is 0 Å². The molecule has 1 aromatic heterocycles. The molecule has 17 heavy (non-hydrogen) atoms. The number of halogens is 1. The summed E-state index contributed by atoms with van der Waals surface area (Å²) in [6, 6.07) is 2.85. The van der Waals surface area contributed by atoms with Gasteiger partial charge in [-0.15, -0.1) is 0 Å². The first kappa shape index (κ1) is 13.7. The van der Waals surface area contributed by atoms with E-state index in [1.807, 2.05) is 0 Å². The van der Waals surface area contributed by atoms with Gasteiger partial charge >= 0.3 is 5.97 Å². The molecule has 6 heteroatoms. The van der Waals surface area contributed by atoms with Crippen LogP contribution in [0.2, 0.25) is 5.15 Å². The second-order valence-corrected chi connectivity index (χ2v) is 4.14. The van der Waals surface area contributed by atoms with Crippen LogP contribution in [0.4, 0.5) is 5.82 Å². The van der Waals surface area contributed by atoms with E-state index in [1.165, 1.54) is 12.1 Å². The monoisotopic (exact) mass is 258 g/mol. The number of carbonyl (C=O) groups is 1. The first-order valence-electron chi connectivity index (χ1n) is 5.32. The maximum atomic E-state index is 10.9. The molecule has 0 spiro atoms. The van der Waals surface area contributed by atoms with Gasteiger partial charge in [0.05, 0.1) is 6.10 Å². The van der Waals surface area contributed by atoms with Crippen LogP contribution in [0.15, 0.2) is 12.1 Å². The van der Waals surface area contributed by atoms with E-state index in [1.54, 1.807) is 6.92 Å². The summed E-state index contributed by atoms with van der Waals surface area (Å²) in [7, 11) is 0. The Hall–Kier alpha value is -1.33. The fraction of sp³-hybridized carbons (Fsp3) is 0.455. The number of nitrogens with zero attached hydrogens (tertiary/aromatic N) is 1. The number of anilines is 1. The van der Waals surface area contributed by atoms with Crippen LogP contribution in [-0.4, -0.2) is 33.8 Å². The molecule has 0 radical (unpaired) electrons. The topological polar surface area (TPSA) is 82.5 Å². The smallest absolute Gasteiger partial charge is 0.339 e. The second kappa shape index (κ2) is 6.42. The molecule has 1 heterocycles. The van der Waals surface area contributed by atoms with Crippen molar-refractivity contribution in [2.24, 2.45) is 0 Å². The Bertz CT molecular complexity index is 396. The number of rotatable bonds is 6. The van der Waals surface area contributed by atoms with Gasteiger partial charge in [-0.3, -0.25) is 0 Å². The first-order chi connectivity index (χ1) is 8.00. The molecule has 1 aromatic rings. The quantitative estimate of drug-likeness (QED) is 0.537. The number of carboxylic acids is 1. The van der Waals surface area contributed by atoms with Crippen LogP contribution in [0.1, 0.15) is 30.1 Å². The Labute approximate surface area is 104 Å². The summed E-state index contributed by atoms with van der Waals surface area (Å²) >= 11 is 5.70. The van der Waals surface area contributed by atoms with Gasteiger partial charge < -0.3 is 15.5 Å². The summed E-state index contributed by atoms with van der Waals surface area (Å²) in [5.41, 5.74) is 0.0893. The minimum absolute atomic E-state index is 0.0893. The Morgan fingerprint density at radius 3 is 2.88 bits per heavy atom. The summed E-state index contributed by atoms with van der Waals surface area (Å²) < 4.78 is 0. The lowest BCUT2D eigenvalue weighted by Gasteiger charge is -2.09. The van der Waals surface area contributed by atoms with Crippen LogP contribution in [0.3, 0.4) is 0 Å². The third-order valence-corrected chi connectivity index (χ3v) is 2.39. The minimum Gasteiger partial charge on any atom is -0.478 e. The highest BCUT2D eigenvalue weighted by Crippen LogP contribution is 2.16. The van der Waals surface area contributed by atoms with E-state index in [4.69, 9.17) is 21.8 Å². The van der Waals surface area contributed by atoms with Crippen LogP contribution >= 0.6 is 11.6 Å². The molecule has 1 unspecified atom stereocenters. The van der Waals surface area contributed by atoms with Crippen molar-refractivity contribution >= 4 is 23.4 Å². The van der Waals surface area contributed by atoms with Crippen molar-refractivity contribution in [2.45, 2.75) is 25.9 Å². The molecule has 0 fully saturated rings. The zero-order chi connectivity index (χ0) is 12.8. The number of aliphatic hydroxyl groups excluding tert-OH is 1. The Morgan fingerprint density at radius 1 is 1.59 bits per heavy atom. The molecule has 3 N–H and O–H groups in total. The fourth-order valence-electron chi connectivity index (χ4n) is 1.35. The molecule has 94 valence electrons. The zero-order valence-corrected chi connectivity index (χ0v) is 10.2. The highest BCUT2D eigenvalue weighted by molar-refractivity contribution is 6.29. The number of aromatic carboxylic acids is 1. The highest BCUT2D eigenvalue weighted by atomic mass is 35.5. The molecular weight excluding hydrogens is 244 g/mol. The molecule has 5 nitrogen and oxygen atoms in total. The van der Waals surface area contributed by atoms with E-state index in [-0.39, 0.29) is 22.6 Å². The van der Waals surface area contributed by atoms with Crippen molar-refractivity contribution < 1.29 is 15.0 Å². The number of carboxylic acid groups (broad SMARTS) is 1. The predicted molar refractivity (Wildman–Crippen MR) is 65.6 cm³/mol. The van der Waals surface area contributed by atoms with Gasteiger partial charge in [-0.1, -0.05) is 11.6 Å². The van der Waals surface area contributed by atoms with Crippen LogP contribution in [0, 0.1) is 0 Å². The summed E-state index contributed by atoms with van der Waals surface area (Å²) in [5.74, 6) is -0.789. The van der Waals surface area contributed by atoms with Crippen molar-refractivity contribution in [1.82, 2.24) is 4.98 Å². The lowest BCUT2D eigenvalue weighted by atomic mass is 10.2. The normalized spacial score (nSPS) is 12.2. The van der Waals surface area contributed by atoms with Crippen LogP contribution < -0.4 is 5.32 Å².